The third-order valence-electron chi connectivity index (χ3n) is 5.97. The van der Waals surface area contributed by atoms with Crippen molar-refractivity contribution in [3.05, 3.63) is 65.5 Å². The first kappa shape index (κ1) is 18.1. The minimum atomic E-state index is -0.108. The fourth-order valence-electron chi connectivity index (χ4n) is 4.64. The number of pyridine rings is 1. The maximum atomic E-state index is 12.3. The molecule has 0 saturated carbocycles. The number of hydrogen-bond donors (Lipinski definition) is 2. The summed E-state index contributed by atoms with van der Waals surface area (Å²) in [7, 11) is 0. The fraction of sp³-hybridized carbons (Fsp3) is 0.455. The van der Waals surface area contributed by atoms with Gasteiger partial charge in [0.05, 0.1) is 18.8 Å². The Kier molecular flexibility index (Phi) is 5.23. The summed E-state index contributed by atoms with van der Waals surface area (Å²) in [6, 6.07) is 12.4. The molecule has 1 saturated heterocycles. The highest BCUT2D eigenvalue weighted by atomic mass is 16.5. The number of nitrogens with one attached hydrogen (secondary N) is 2. The molecule has 142 valence electrons. The molecule has 1 aromatic carbocycles. The molecule has 5 heteroatoms. The lowest BCUT2D eigenvalue weighted by Gasteiger charge is -2.41. The van der Waals surface area contributed by atoms with Gasteiger partial charge in [-0.05, 0) is 48.7 Å². The highest BCUT2D eigenvalue weighted by molar-refractivity contribution is 5.76. The molecule has 1 aromatic heterocycles. The highest BCUT2D eigenvalue weighted by Gasteiger charge is 2.53. The number of carbonyl (C=O) groups is 1. The van der Waals surface area contributed by atoms with E-state index in [4.69, 9.17) is 4.74 Å². The van der Waals surface area contributed by atoms with Crippen molar-refractivity contribution in [1.82, 2.24) is 15.6 Å². The zero-order valence-electron chi connectivity index (χ0n) is 15.8. The Morgan fingerprint density at radius 1 is 1.26 bits per heavy atom. The van der Waals surface area contributed by atoms with E-state index in [1.165, 1.54) is 11.1 Å². The lowest BCUT2D eigenvalue weighted by atomic mass is 9.72. The molecular formula is C22H27N3O2. The number of amides is 1. The summed E-state index contributed by atoms with van der Waals surface area (Å²) < 4.78 is 6.54. The second-order valence-electron chi connectivity index (χ2n) is 7.49. The first-order valence-electron chi connectivity index (χ1n) is 9.84. The summed E-state index contributed by atoms with van der Waals surface area (Å²) in [4.78, 5) is 16.5. The molecule has 27 heavy (non-hydrogen) atoms. The molecule has 0 bridgehead atoms. The molecule has 4 rings (SSSR count). The lowest BCUT2D eigenvalue weighted by Crippen LogP contribution is -2.49. The van der Waals surface area contributed by atoms with Crippen LogP contribution in [0.2, 0.25) is 0 Å². The molecule has 2 atom stereocenters. The smallest absolute Gasteiger partial charge is 0.220 e. The van der Waals surface area contributed by atoms with E-state index in [1.54, 1.807) is 6.20 Å². The van der Waals surface area contributed by atoms with Gasteiger partial charge in [-0.1, -0.05) is 37.3 Å². The molecule has 1 fully saturated rings. The Balaban J connectivity index is 1.69. The number of aromatic nitrogens is 1. The Morgan fingerprint density at radius 3 is 2.81 bits per heavy atom. The Morgan fingerprint density at radius 2 is 2.07 bits per heavy atom. The quantitative estimate of drug-likeness (QED) is 0.855. The van der Waals surface area contributed by atoms with Crippen LogP contribution in [0.5, 0.6) is 0 Å². The number of rotatable bonds is 5. The standard InChI is InChI=1S/C22H27N3O2/c1-2-19(26)25-20-17-7-3-4-8-18(17)22(9-12-23-13-10-22)21(20)27-15-16-6-5-11-24-14-16/h3-8,11,14,20-21,23H,2,9-10,12-13,15H2,1H3,(H,25,26)/t20-,21+/m1/s1. The zero-order chi connectivity index (χ0) is 18.7. The molecular weight excluding hydrogens is 338 g/mol. The molecule has 5 nitrogen and oxygen atoms in total. The minimum Gasteiger partial charge on any atom is -0.370 e. The zero-order valence-corrected chi connectivity index (χ0v) is 15.8. The molecule has 1 aliphatic heterocycles. The van der Waals surface area contributed by atoms with E-state index in [0.29, 0.717) is 13.0 Å². The molecule has 2 aliphatic rings. The highest BCUT2D eigenvalue weighted by Crippen LogP contribution is 2.51. The number of benzene rings is 1. The van der Waals surface area contributed by atoms with E-state index >= 15 is 0 Å². The van der Waals surface area contributed by atoms with Crippen LogP contribution in [0.4, 0.5) is 0 Å². The predicted molar refractivity (Wildman–Crippen MR) is 104 cm³/mol. The van der Waals surface area contributed by atoms with E-state index in [2.05, 4.69) is 39.9 Å². The van der Waals surface area contributed by atoms with Gasteiger partial charge in [0.25, 0.3) is 0 Å². The number of piperidine rings is 1. The number of ether oxygens (including phenoxy) is 1. The topological polar surface area (TPSA) is 63.2 Å². The van der Waals surface area contributed by atoms with Gasteiger partial charge in [-0.2, -0.15) is 0 Å². The van der Waals surface area contributed by atoms with Gasteiger partial charge in [-0.25, -0.2) is 0 Å². The van der Waals surface area contributed by atoms with Crippen LogP contribution in [0.25, 0.3) is 0 Å². The van der Waals surface area contributed by atoms with Crippen molar-refractivity contribution in [2.45, 2.75) is 50.4 Å². The average molecular weight is 365 g/mol. The summed E-state index contributed by atoms with van der Waals surface area (Å²) in [5, 5.41) is 6.72. The Labute approximate surface area is 160 Å². The van der Waals surface area contributed by atoms with Crippen molar-refractivity contribution in [3.63, 3.8) is 0 Å². The van der Waals surface area contributed by atoms with E-state index in [9.17, 15) is 4.79 Å². The third-order valence-corrected chi connectivity index (χ3v) is 5.97. The minimum absolute atomic E-state index is 0.0598. The molecule has 0 unspecified atom stereocenters. The van der Waals surface area contributed by atoms with Crippen LogP contribution in [0, 0.1) is 0 Å². The first-order valence-corrected chi connectivity index (χ1v) is 9.84. The van der Waals surface area contributed by atoms with Gasteiger partial charge in [0.1, 0.15) is 0 Å². The summed E-state index contributed by atoms with van der Waals surface area (Å²) >= 11 is 0. The number of nitrogens with zero attached hydrogens (tertiary/aromatic N) is 1. The average Bonchev–Trinajstić information content (AvgIpc) is 2.97. The molecule has 0 radical (unpaired) electrons. The first-order chi connectivity index (χ1) is 13.2. The van der Waals surface area contributed by atoms with Crippen LogP contribution in [0.3, 0.4) is 0 Å². The number of carbonyl (C=O) groups excluding carboxylic acids is 1. The van der Waals surface area contributed by atoms with Gasteiger partial charge in [-0.3, -0.25) is 9.78 Å². The van der Waals surface area contributed by atoms with Gasteiger partial charge in [-0.15, -0.1) is 0 Å². The maximum absolute atomic E-state index is 12.3. The van der Waals surface area contributed by atoms with Crippen molar-refractivity contribution in [2.75, 3.05) is 13.1 Å². The SMILES string of the molecule is CCC(=O)N[C@@H]1c2ccccc2C2(CCNCC2)[C@H]1OCc1cccnc1. The van der Waals surface area contributed by atoms with Gasteiger partial charge in [0.2, 0.25) is 5.91 Å². The molecule has 2 N–H and O–H groups in total. The van der Waals surface area contributed by atoms with Crippen molar-refractivity contribution in [3.8, 4) is 0 Å². The lowest BCUT2D eigenvalue weighted by molar-refractivity contribution is -0.123. The Hall–Kier alpha value is -2.24. The van der Waals surface area contributed by atoms with Crippen LogP contribution < -0.4 is 10.6 Å². The molecule has 1 spiro atoms. The van der Waals surface area contributed by atoms with Crippen LogP contribution in [-0.4, -0.2) is 30.1 Å². The van der Waals surface area contributed by atoms with Crippen molar-refractivity contribution >= 4 is 5.91 Å². The van der Waals surface area contributed by atoms with E-state index in [0.717, 1.165) is 31.5 Å². The second-order valence-corrected chi connectivity index (χ2v) is 7.49. The second kappa shape index (κ2) is 7.79. The summed E-state index contributed by atoms with van der Waals surface area (Å²) in [6.45, 7) is 4.33. The van der Waals surface area contributed by atoms with E-state index in [-0.39, 0.29) is 23.5 Å². The maximum Gasteiger partial charge on any atom is 0.220 e. The molecule has 1 aliphatic carbocycles. The largest absolute Gasteiger partial charge is 0.370 e. The predicted octanol–water partition coefficient (Wildman–Crippen LogP) is 2.87. The van der Waals surface area contributed by atoms with Crippen LogP contribution in [0.1, 0.15) is 48.9 Å². The van der Waals surface area contributed by atoms with Gasteiger partial charge >= 0.3 is 0 Å². The van der Waals surface area contributed by atoms with E-state index in [1.807, 2.05) is 25.3 Å². The van der Waals surface area contributed by atoms with Gasteiger partial charge in [0.15, 0.2) is 0 Å². The summed E-state index contributed by atoms with van der Waals surface area (Å²) in [5.41, 5.74) is 3.54. The monoisotopic (exact) mass is 365 g/mol. The van der Waals surface area contributed by atoms with Crippen LogP contribution in [-0.2, 0) is 21.6 Å². The molecule has 2 heterocycles. The van der Waals surface area contributed by atoms with Gasteiger partial charge in [0, 0.05) is 24.2 Å². The third kappa shape index (κ3) is 3.37. The normalized spacial score (nSPS) is 23.1. The van der Waals surface area contributed by atoms with Crippen LogP contribution in [0.15, 0.2) is 48.8 Å². The van der Waals surface area contributed by atoms with Crippen molar-refractivity contribution in [1.29, 1.82) is 0 Å². The molecule has 2 aromatic rings. The fourth-order valence-corrected chi connectivity index (χ4v) is 4.64. The Bertz CT molecular complexity index is 787. The number of hydrogen-bond acceptors (Lipinski definition) is 4. The van der Waals surface area contributed by atoms with Crippen LogP contribution >= 0.6 is 0 Å². The van der Waals surface area contributed by atoms with Crippen molar-refractivity contribution < 1.29 is 9.53 Å². The van der Waals surface area contributed by atoms with Gasteiger partial charge < -0.3 is 15.4 Å². The summed E-state index contributed by atoms with van der Waals surface area (Å²) in [6.07, 6.45) is 6.04. The number of fused-ring (bicyclic) bond motifs is 2. The van der Waals surface area contributed by atoms with Crippen molar-refractivity contribution in [2.24, 2.45) is 0 Å². The van der Waals surface area contributed by atoms with E-state index < -0.39 is 0 Å². The molecule has 1 amide bonds. The summed E-state index contributed by atoms with van der Waals surface area (Å²) in [5.74, 6) is 0.0655.